The van der Waals surface area contributed by atoms with E-state index in [-0.39, 0.29) is 25.2 Å². The Balaban J connectivity index is 2.02. The molecule has 0 aromatic heterocycles. The summed E-state index contributed by atoms with van der Waals surface area (Å²) >= 11 is 0. The highest BCUT2D eigenvalue weighted by Gasteiger charge is 2.08. The molecule has 2 aromatic carbocycles. The van der Waals surface area contributed by atoms with Gasteiger partial charge in [0.15, 0.2) is 0 Å². The number of carbonyl (C=O) groups excluding carboxylic acids is 1. The third kappa shape index (κ3) is 6.10. The van der Waals surface area contributed by atoms with Gasteiger partial charge in [-0.3, -0.25) is 9.59 Å². The first-order valence-electron chi connectivity index (χ1n) is 7.84. The third-order valence-corrected chi connectivity index (χ3v) is 3.52. The second kappa shape index (κ2) is 9.22. The number of hydrogen-bond donors (Lipinski definition) is 2. The minimum absolute atomic E-state index is 0.0535. The smallest absolute Gasteiger partial charge is 0.303 e. The van der Waals surface area contributed by atoms with Crippen LogP contribution in [-0.4, -0.2) is 29.8 Å². The molecule has 0 unspecified atom stereocenters. The molecule has 0 heterocycles. The zero-order valence-electron chi connectivity index (χ0n) is 13.9. The standard InChI is InChI=1S/C19H20N2O4/c1-25-16-9-7-14(8-10-16)13-18(22)21-20-17(11-12-19(23)24)15-5-3-2-4-6-15/h2-10H,11-13H2,1H3,(H,21,22)(H,23,24)/b20-17-. The lowest BCUT2D eigenvalue weighted by molar-refractivity contribution is -0.136. The van der Waals surface area contributed by atoms with E-state index in [9.17, 15) is 9.59 Å². The summed E-state index contributed by atoms with van der Waals surface area (Å²) in [7, 11) is 1.58. The van der Waals surface area contributed by atoms with Crippen molar-refractivity contribution < 1.29 is 19.4 Å². The molecule has 0 bridgehead atoms. The van der Waals surface area contributed by atoms with Crippen LogP contribution in [0.4, 0.5) is 0 Å². The quantitative estimate of drug-likeness (QED) is 0.571. The van der Waals surface area contributed by atoms with Crippen LogP contribution < -0.4 is 10.2 Å². The molecule has 130 valence electrons. The number of carboxylic acid groups (broad SMARTS) is 1. The van der Waals surface area contributed by atoms with Crippen molar-refractivity contribution in [2.24, 2.45) is 5.10 Å². The van der Waals surface area contributed by atoms with Crippen LogP contribution in [0.25, 0.3) is 0 Å². The molecule has 6 nitrogen and oxygen atoms in total. The molecular formula is C19H20N2O4. The number of rotatable bonds is 8. The summed E-state index contributed by atoms with van der Waals surface area (Å²) in [6, 6.07) is 16.4. The summed E-state index contributed by atoms with van der Waals surface area (Å²) in [6.07, 6.45) is 0.360. The van der Waals surface area contributed by atoms with Crippen molar-refractivity contribution in [2.45, 2.75) is 19.3 Å². The van der Waals surface area contributed by atoms with Gasteiger partial charge >= 0.3 is 5.97 Å². The van der Waals surface area contributed by atoms with Crippen molar-refractivity contribution in [2.75, 3.05) is 7.11 Å². The zero-order chi connectivity index (χ0) is 18.1. The number of methoxy groups -OCH3 is 1. The van der Waals surface area contributed by atoms with E-state index in [2.05, 4.69) is 10.5 Å². The van der Waals surface area contributed by atoms with E-state index in [1.165, 1.54) is 0 Å². The summed E-state index contributed by atoms with van der Waals surface area (Å²) in [4.78, 5) is 22.9. The van der Waals surface area contributed by atoms with Crippen LogP contribution >= 0.6 is 0 Å². The molecular weight excluding hydrogens is 320 g/mol. The largest absolute Gasteiger partial charge is 0.497 e. The molecule has 2 aromatic rings. The molecule has 0 aliphatic rings. The predicted octanol–water partition coefficient (Wildman–Crippen LogP) is 2.62. The van der Waals surface area contributed by atoms with Crippen molar-refractivity contribution >= 4 is 17.6 Å². The van der Waals surface area contributed by atoms with Crippen molar-refractivity contribution in [3.63, 3.8) is 0 Å². The number of amides is 1. The number of aliphatic carboxylic acids is 1. The van der Waals surface area contributed by atoms with Crippen molar-refractivity contribution in [1.29, 1.82) is 0 Å². The Labute approximate surface area is 146 Å². The molecule has 1 amide bonds. The SMILES string of the molecule is COc1ccc(CC(=O)N/N=C(/CCC(=O)O)c2ccccc2)cc1. The van der Waals surface area contributed by atoms with Crippen molar-refractivity contribution in [3.8, 4) is 5.75 Å². The maximum Gasteiger partial charge on any atom is 0.303 e. The number of benzene rings is 2. The first-order valence-corrected chi connectivity index (χ1v) is 7.84. The minimum atomic E-state index is -0.909. The lowest BCUT2D eigenvalue weighted by atomic mass is 10.1. The van der Waals surface area contributed by atoms with Gasteiger partial charge < -0.3 is 9.84 Å². The van der Waals surface area contributed by atoms with E-state index in [1.54, 1.807) is 19.2 Å². The molecule has 2 rings (SSSR count). The zero-order valence-corrected chi connectivity index (χ0v) is 13.9. The van der Waals surface area contributed by atoms with Gasteiger partial charge in [-0.1, -0.05) is 42.5 Å². The molecule has 0 aliphatic carbocycles. The van der Waals surface area contributed by atoms with Gasteiger partial charge in [-0.05, 0) is 23.3 Å². The molecule has 6 heteroatoms. The Bertz CT molecular complexity index is 740. The Kier molecular flexibility index (Phi) is 6.71. The molecule has 2 N–H and O–H groups in total. The van der Waals surface area contributed by atoms with Gasteiger partial charge in [-0.25, -0.2) is 5.43 Å². The molecule has 0 atom stereocenters. The summed E-state index contributed by atoms with van der Waals surface area (Å²) in [5.41, 5.74) is 4.66. The molecule has 0 saturated carbocycles. The Morgan fingerprint density at radius 2 is 1.72 bits per heavy atom. The maximum absolute atomic E-state index is 12.1. The number of nitrogens with zero attached hydrogens (tertiary/aromatic N) is 1. The van der Waals surface area contributed by atoms with Crippen LogP contribution in [0.1, 0.15) is 24.0 Å². The molecule has 0 radical (unpaired) electrons. The molecule has 0 spiro atoms. The predicted molar refractivity (Wildman–Crippen MR) is 94.7 cm³/mol. The number of carbonyl (C=O) groups is 2. The normalized spacial score (nSPS) is 11.0. The highest BCUT2D eigenvalue weighted by molar-refractivity contribution is 6.02. The topological polar surface area (TPSA) is 88.0 Å². The Morgan fingerprint density at radius 1 is 1.04 bits per heavy atom. The number of nitrogens with one attached hydrogen (secondary N) is 1. The van der Waals surface area contributed by atoms with Crippen molar-refractivity contribution in [3.05, 3.63) is 65.7 Å². The average molecular weight is 340 g/mol. The Hall–Kier alpha value is -3.15. The average Bonchev–Trinajstić information content (AvgIpc) is 2.63. The minimum Gasteiger partial charge on any atom is -0.497 e. The molecule has 0 aliphatic heterocycles. The molecule has 0 saturated heterocycles. The van der Waals surface area contributed by atoms with Gasteiger partial charge in [0.1, 0.15) is 5.75 Å². The van der Waals surface area contributed by atoms with Crippen LogP contribution in [0.2, 0.25) is 0 Å². The van der Waals surface area contributed by atoms with Crippen molar-refractivity contribution in [1.82, 2.24) is 5.43 Å². The summed E-state index contributed by atoms with van der Waals surface area (Å²) in [5.74, 6) is -0.454. The highest BCUT2D eigenvalue weighted by atomic mass is 16.5. The second-order valence-corrected chi connectivity index (χ2v) is 5.38. The fourth-order valence-corrected chi connectivity index (χ4v) is 2.22. The van der Waals surface area contributed by atoms with Gasteiger partial charge in [0, 0.05) is 6.42 Å². The van der Waals surface area contributed by atoms with E-state index in [0.717, 1.165) is 16.9 Å². The number of carboxylic acids is 1. The number of ether oxygens (including phenoxy) is 1. The maximum atomic E-state index is 12.1. The van der Waals surface area contributed by atoms with E-state index < -0.39 is 5.97 Å². The second-order valence-electron chi connectivity index (χ2n) is 5.38. The van der Waals surface area contributed by atoms with Crippen LogP contribution in [0, 0.1) is 0 Å². The highest BCUT2D eigenvalue weighted by Crippen LogP contribution is 2.12. The van der Waals surface area contributed by atoms with Gasteiger partial charge in [0.05, 0.1) is 25.7 Å². The van der Waals surface area contributed by atoms with E-state index >= 15 is 0 Å². The van der Waals surface area contributed by atoms with Crippen LogP contribution in [0.15, 0.2) is 59.7 Å². The number of hydrogen-bond acceptors (Lipinski definition) is 4. The molecule has 0 fully saturated rings. The van der Waals surface area contributed by atoms with E-state index in [4.69, 9.17) is 9.84 Å². The first kappa shape index (κ1) is 18.2. The summed E-state index contributed by atoms with van der Waals surface area (Å²) in [6.45, 7) is 0. The lowest BCUT2D eigenvalue weighted by Gasteiger charge is -2.07. The first-order chi connectivity index (χ1) is 12.1. The van der Waals surface area contributed by atoms with Crippen LogP contribution in [0.5, 0.6) is 5.75 Å². The monoisotopic (exact) mass is 340 g/mol. The fraction of sp³-hybridized carbons (Fsp3) is 0.211. The summed E-state index contributed by atoms with van der Waals surface area (Å²) in [5, 5.41) is 13.0. The van der Waals surface area contributed by atoms with Gasteiger partial charge in [-0.2, -0.15) is 5.10 Å². The van der Waals surface area contributed by atoms with E-state index in [0.29, 0.717) is 5.71 Å². The van der Waals surface area contributed by atoms with Gasteiger partial charge in [0.2, 0.25) is 5.91 Å². The number of hydrazone groups is 1. The van der Waals surface area contributed by atoms with Gasteiger partial charge in [-0.15, -0.1) is 0 Å². The molecule has 25 heavy (non-hydrogen) atoms. The Morgan fingerprint density at radius 3 is 2.32 bits per heavy atom. The summed E-state index contributed by atoms with van der Waals surface area (Å²) < 4.78 is 5.08. The van der Waals surface area contributed by atoms with Crippen LogP contribution in [-0.2, 0) is 16.0 Å². The fourth-order valence-electron chi connectivity index (χ4n) is 2.22. The van der Waals surface area contributed by atoms with Crippen LogP contribution in [0.3, 0.4) is 0 Å². The van der Waals surface area contributed by atoms with E-state index in [1.807, 2.05) is 42.5 Å². The lowest BCUT2D eigenvalue weighted by Crippen LogP contribution is -2.22. The van der Waals surface area contributed by atoms with Gasteiger partial charge in [0.25, 0.3) is 0 Å². The third-order valence-electron chi connectivity index (χ3n) is 3.52.